The number of ether oxygens (including phenoxy) is 1. The van der Waals surface area contributed by atoms with Crippen molar-refractivity contribution < 1.29 is 29.4 Å². The van der Waals surface area contributed by atoms with Crippen LogP contribution < -0.4 is 15.5 Å². The van der Waals surface area contributed by atoms with Crippen LogP contribution in [0, 0.1) is 29.1 Å². The van der Waals surface area contributed by atoms with Crippen molar-refractivity contribution in [3.8, 4) is 0 Å². The van der Waals surface area contributed by atoms with E-state index in [-0.39, 0.29) is 42.5 Å². The number of benzene rings is 1. The molecule has 290 valence electrons. The molecule has 9 atom stereocenters. The molecule has 1 aromatic carbocycles. The van der Waals surface area contributed by atoms with E-state index in [0.29, 0.717) is 46.6 Å². The summed E-state index contributed by atoms with van der Waals surface area (Å²) < 4.78 is 5.95. The second-order valence-corrected chi connectivity index (χ2v) is 15.6. The summed E-state index contributed by atoms with van der Waals surface area (Å²) in [5.41, 5.74) is 3.78. The predicted octanol–water partition coefficient (Wildman–Crippen LogP) is 5.82. The average molecular weight is 731 g/mol. The third-order valence-electron chi connectivity index (χ3n) is 12.0. The maximum atomic E-state index is 14.1. The first kappa shape index (κ1) is 41.8. The summed E-state index contributed by atoms with van der Waals surface area (Å²) in [6.07, 6.45) is 11.6. The molecule has 0 unspecified atom stereocenters. The first-order valence-electron chi connectivity index (χ1n) is 18.9. The van der Waals surface area contributed by atoms with Gasteiger partial charge in [-0.15, -0.1) is 0 Å². The molecule has 0 radical (unpaired) electrons. The molecule has 10 nitrogen and oxygen atoms in total. The maximum Gasteiger partial charge on any atom is 0.251 e. The molecule has 4 N–H and O–H groups in total. The van der Waals surface area contributed by atoms with Crippen LogP contribution in [0.2, 0.25) is 0 Å². The number of nitrogens with one attached hydrogen (secondary N) is 2. The highest BCUT2D eigenvalue weighted by molar-refractivity contribution is 5.97. The van der Waals surface area contributed by atoms with Crippen molar-refractivity contribution in [3.05, 3.63) is 96.9 Å². The largest absolute Gasteiger partial charge is 0.496 e. The second kappa shape index (κ2) is 17.9. The number of nitrogens with zero attached hydrogens (tertiary/aromatic N) is 2. The predicted molar refractivity (Wildman–Crippen MR) is 213 cm³/mol. The van der Waals surface area contributed by atoms with Crippen molar-refractivity contribution in [2.45, 2.75) is 84.2 Å². The molecular weight excluding hydrogens is 668 g/mol. The Hall–Kier alpha value is -3.96. The zero-order chi connectivity index (χ0) is 39.2. The zero-order valence-electron chi connectivity index (χ0n) is 33.0. The first-order chi connectivity index (χ1) is 25.2. The number of carbonyl (C=O) groups excluding carboxylic acids is 2. The van der Waals surface area contributed by atoms with Crippen molar-refractivity contribution >= 4 is 23.1 Å². The first-order valence-corrected chi connectivity index (χ1v) is 18.9. The molecule has 1 heterocycles. The lowest BCUT2D eigenvalue weighted by Gasteiger charge is -2.62. The Morgan fingerprint density at radius 3 is 2.34 bits per heavy atom. The lowest BCUT2D eigenvalue weighted by atomic mass is 9.45. The van der Waals surface area contributed by atoms with E-state index in [0.717, 1.165) is 17.7 Å². The molecule has 3 saturated carbocycles. The van der Waals surface area contributed by atoms with Gasteiger partial charge in [-0.3, -0.25) is 14.4 Å². The van der Waals surface area contributed by atoms with E-state index in [9.17, 15) is 19.8 Å². The van der Waals surface area contributed by atoms with Crippen LogP contribution in [0.3, 0.4) is 0 Å². The quantitative estimate of drug-likeness (QED) is 0.117. The number of aliphatic hydroxyl groups is 2. The summed E-state index contributed by atoms with van der Waals surface area (Å²) in [5, 5.41) is 29.1. The molecule has 1 aromatic rings. The molecule has 0 spiro atoms. The summed E-state index contributed by atoms with van der Waals surface area (Å²) in [6, 6.07) is 4.55. The van der Waals surface area contributed by atoms with Gasteiger partial charge >= 0.3 is 0 Å². The number of hydrogen-bond acceptors (Lipinski definition) is 8. The Bertz CT molecular complexity index is 1610. The van der Waals surface area contributed by atoms with E-state index in [1.807, 2.05) is 56.3 Å². The number of allylic oxidation sites excluding steroid dienone is 5. The van der Waals surface area contributed by atoms with Crippen molar-refractivity contribution in [3.63, 3.8) is 0 Å². The Morgan fingerprint density at radius 1 is 1.13 bits per heavy atom. The number of rotatable bonds is 17. The van der Waals surface area contributed by atoms with Crippen molar-refractivity contribution in [1.29, 1.82) is 0 Å². The monoisotopic (exact) mass is 730 g/mol. The number of hydrogen-bond donors (Lipinski definition) is 4. The molecule has 4 aliphatic rings. The third kappa shape index (κ3) is 8.89. The standard InChI is InChI=1S/C43H62N4O6/c1-12-16-28(14-3)35(15-4)44-41(50)30-20-29(21-32(22-30)46(9)10)33(17-13-2)37(52-11)18-19-47-40(39(27(6)49)38(25-48)53-47)42(51)45-36-24-31-23-34(26(36)5)43(31,7)8/h12-14,16-18,20-22,26-27,31,34-36,38-40,48-49H,1-3,15,19,23-25H2,4-11H3,(H,44,50)(H,45,51)/t26-,27-,31+,34-,35+,36-,38-,39+,40-/m0/s1. The molecule has 1 aliphatic heterocycles. The van der Waals surface area contributed by atoms with Gasteiger partial charge in [-0.05, 0) is 84.8 Å². The van der Waals surface area contributed by atoms with E-state index in [1.54, 1.807) is 43.4 Å². The van der Waals surface area contributed by atoms with Gasteiger partial charge in [0, 0.05) is 49.4 Å². The van der Waals surface area contributed by atoms with Gasteiger partial charge in [-0.2, -0.15) is 5.06 Å². The number of methoxy groups -OCH3 is 1. The van der Waals surface area contributed by atoms with Crippen LogP contribution in [0.5, 0.6) is 0 Å². The molecule has 4 fully saturated rings. The fourth-order valence-electron chi connectivity index (χ4n) is 8.70. The fraction of sp³-hybridized carbons (Fsp3) is 0.535. The molecule has 2 bridgehead atoms. The molecule has 2 amide bonds. The van der Waals surface area contributed by atoms with Crippen molar-refractivity contribution in [2.24, 2.45) is 29.1 Å². The van der Waals surface area contributed by atoms with Gasteiger partial charge < -0.3 is 30.5 Å². The number of hydroxylamine groups is 2. The Balaban J connectivity index is 1.65. The number of anilines is 1. The highest BCUT2D eigenvalue weighted by Crippen LogP contribution is 2.61. The van der Waals surface area contributed by atoms with Gasteiger partial charge in [0.25, 0.3) is 5.91 Å². The SMILES string of the molecule is C=CC=C(C(=CCN1O[C@@H](CO)[C@@H]([C@H](C)O)[C@H]1C(=O)N[C@H]1C[C@H]2C[C@@H]([C@@H]1C)C2(C)C)OC)c1cc(C(=O)N[C@H](CC)C(C=C)=CC=C)cc(N(C)C)c1. The van der Waals surface area contributed by atoms with E-state index < -0.39 is 24.2 Å². The van der Waals surface area contributed by atoms with Crippen LogP contribution in [-0.2, 0) is 14.4 Å². The summed E-state index contributed by atoms with van der Waals surface area (Å²) in [6.45, 7) is 21.9. The van der Waals surface area contributed by atoms with E-state index in [2.05, 4.69) is 51.1 Å². The van der Waals surface area contributed by atoms with Crippen molar-refractivity contribution in [1.82, 2.24) is 15.7 Å². The molecule has 10 heteroatoms. The summed E-state index contributed by atoms with van der Waals surface area (Å²) in [4.78, 5) is 36.0. The Labute approximate surface area is 316 Å². The highest BCUT2D eigenvalue weighted by Gasteiger charge is 2.57. The number of aliphatic hydroxyl groups excluding tert-OH is 2. The van der Waals surface area contributed by atoms with Crippen LogP contribution in [0.4, 0.5) is 5.69 Å². The summed E-state index contributed by atoms with van der Waals surface area (Å²) in [5.74, 6) is 0.783. The molecule has 53 heavy (non-hydrogen) atoms. The molecule has 0 aromatic heterocycles. The normalized spacial score (nSPS) is 28.3. The van der Waals surface area contributed by atoms with Crippen molar-refractivity contribution in [2.75, 3.05) is 39.3 Å². The lowest BCUT2D eigenvalue weighted by molar-refractivity contribution is -0.172. The van der Waals surface area contributed by atoms with Gasteiger partial charge in [-0.25, -0.2) is 0 Å². The zero-order valence-corrected chi connectivity index (χ0v) is 33.0. The van der Waals surface area contributed by atoms with Crippen LogP contribution in [-0.4, -0.2) is 91.8 Å². The average Bonchev–Trinajstić information content (AvgIpc) is 3.52. The minimum Gasteiger partial charge on any atom is -0.496 e. The Morgan fingerprint density at radius 2 is 1.81 bits per heavy atom. The minimum atomic E-state index is -0.911. The van der Waals surface area contributed by atoms with Gasteiger partial charge in [-0.1, -0.05) is 77.8 Å². The van der Waals surface area contributed by atoms with Crippen LogP contribution in [0.15, 0.2) is 85.7 Å². The Kier molecular flexibility index (Phi) is 14.1. The highest BCUT2D eigenvalue weighted by atomic mass is 16.7. The van der Waals surface area contributed by atoms with Gasteiger partial charge in [0.15, 0.2) is 0 Å². The molecular formula is C43H62N4O6. The third-order valence-corrected chi connectivity index (χ3v) is 12.0. The van der Waals surface area contributed by atoms with Gasteiger partial charge in [0.2, 0.25) is 5.91 Å². The van der Waals surface area contributed by atoms with E-state index in [4.69, 9.17) is 9.57 Å². The van der Waals surface area contributed by atoms with Crippen LogP contribution in [0.25, 0.3) is 5.57 Å². The molecule has 3 aliphatic carbocycles. The second-order valence-electron chi connectivity index (χ2n) is 15.6. The molecule has 1 saturated heterocycles. The smallest absolute Gasteiger partial charge is 0.251 e. The minimum absolute atomic E-state index is 0.0282. The lowest BCUT2D eigenvalue weighted by Crippen LogP contribution is -2.62. The summed E-state index contributed by atoms with van der Waals surface area (Å²) in [7, 11) is 5.38. The van der Waals surface area contributed by atoms with Crippen LogP contribution >= 0.6 is 0 Å². The van der Waals surface area contributed by atoms with Gasteiger partial charge in [0.05, 0.1) is 25.9 Å². The van der Waals surface area contributed by atoms with Crippen LogP contribution in [0.1, 0.15) is 69.8 Å². The fourth-order valence-corrected chi connectivity index (χ4v) is 8.70. The molecule has 5 rings (SSSR count). The summed E-state index contributed by atoms with van der Waals surface area (Å²) >= 11 is 0. The number of fused-ring (bicyclic) bond motifs is 2. The van der Waals surface area contributed by atoms with E-state index in [1.165, 1.54) is 6.42 Å². The van der Waals surface area contributed by atoms with Gasteiger partial charge in [0.1, 0.15) is 17.9 Å². The number of amides is 2. The number of carbonyl (C=O) groups is 2. The maximum absolute atomic E-state index is 14.1. The topological polar surface area (TPSA) is 124 Å². The van der Waals surface area contributed by atoms with E-state index >= 15 is 0 Å².